The first kappa shape index (κ1) is 33.6. The summed E-state index contributed by atoms with van der Waals surface area (Å²) in [6, 6.07) is 21.6. The van der Waals surface area contributed by atoms with Crippen LogP contribution in [-0.4, -0.2) is 70.8 Å². The highest BCUT2D eigenvalue weighted by Gasteiger charge is 2.79. The highest BCUT2D eigenvalue weighted by molar-refractivity contribution is 6.06. The molecule has 0 saturated carbocycles. The lowest BCUT2D eigenvalue weighted by atomic mass is 9.65. The Bertz CT molecular complexity index is 1670. The largest absolute Gasteiger partial charge is 0.465 e. The molecule has 3 heterocycles. The maximum absolute atomic E-state index is 15.2. The smallest absolute Gasteiger partial charge is 0.312 e. The topological polar surface area (TPSA) is 96.4 Å². The minimum Gasteiger partial charge on any atom is -0.465 e. The van der Waals surface area contributed by atoms with Crippen LogP contribution in [0.5, 0.6) is 0 Å². The maximum Gasteiger partial charge on any atom is 0.312 e. The van der Waals surface area contributed by atoms with Crippen molar-refractivity contribution >= 4 is 34.2 Å². The van der Waals surface area contributed by atoms with E-state index in [4.69, 9.17) is 9.47 Å². The first-order valence-corrected chi connectivity index (χ1v) is 17.2. The Balaban J connectivity index is 1.43. The number of carbonyl (C=O) groups excluding carboxylic acids is 3. The van der Waals surface area contributed by atoms with E-state index in [0.29, 0.717) is 37.8 Å². The van der Waals surface area contributed by atoms with E-state index in [-0.39, 0.29) is 31.6 Å². The van der Waals surface area contributed by atoms with E-state index in [9.17, 15) is 14.7 Å². The number of nitrogens with zero attached hydrogens (tertiary/aromatic N) is 2. The van der Waals surface area contributed by atoms with Crippen LogP contribution in [0.4, 0.5) is 5.69 Å². The van der Waals surface area contributed by atoms with Gasteiger partial charge >= 0.3 is 5.97 Å². The molecule has 3 aliphatic heterocycles. The van der Waals surface area contributed by atoms with Crippen molar-refractivity contribution in [1.82, 2.24) is 4.90 Å². The molecule has 8 nitrogen and oxygen atoms in total. The molecule has 3 fully saturated rings. The molecule has 1 N–H and O–H groups in total. The zero-order valence-corrected chi connectivity index (χ0v) is 27.8. The van der Waals surface area contributed by atoms with Gasteiger partial charge in [-0.05, 0) is 73.4 Å². The van der Waals surface area contributed by atoms with Gasteiger partial charge in [-0.2, -0.15) is 0 Å². The first-order valence-electron chi connectivity index (χ1n) is 17.2. The third kappa shape index (κ3) is 5.75. The lowest BCUT2D eigenvalue weighted by Crippen LogP contribution is -2.59. The SMILES string of the molecule is C=CCCCCOC(=O)[C@@H]1[C@H]2C(=O)N([C@@H](CO)Cc3ccccc3)C(C(=O)N(CC=C)c3ccc4ccccc4c3)C23CC[C@@]1(CC)O3. The van der Waals surface area contributed by atoms with Crippen LogP contribution in [0.25, 0.3) is 10.8 Å². The molecule has 252 valence electrons. The second-order valence-electron chi connectivity index (χ2n) is 13.3. The number of rotatable bonds is 15. The van der Waals surface area contributed by atoms with Gasteiger partial charge in [-0.3, -0.25) is 14.4 Å². The summed E-state index contributed by atoms with van der Waals surface area (Å²) < 4.78 is 12.8. The van der Waals surface area contributed by atoms with Gasteiger partial charge in [-0.1, -0.05) is 79.7 Å². The number of allylic oxidation sites excluding steroid dienone is 1. The third-order valence-electron chi connectivity index (χ3n) is 10.7. The monoisotopic (exact) mass is 650 g/mol. The normalized spacial score (nSPS) is 26.3. The molecule has 2 unspecified atom stereocenters. The lowest BCUT2D eigenvalue weighted by molar-refractivity contribution is -0.162. The summed E-state index contributed by atoms with van der Waals surface area (Å²) in [5.41, 5.74) is -0.573. The molecule has 6 rings (SSSR count). The fourth-order valence-corrected chi connectivity index (χ4v) is 8.42. The summed E-state index contributed by atoms with van der Waals surface area (Å²) in [4.78, 5) is 47.2. The highest BCUT2D eigenvalue weighted by atomic mass is 16.6. The summed E-state index contributed by atoms with van der Waals surface area (Å²) in [7, 11) is 0. The average molecular weight is 651 g/mol. The molecular weight excluding hydrogens is 604 g/mol. The molecule has 2 bridgehead atoms. The van der Waals surface area contributed by atoms with Gasteiger partial charge in [0.15, 0.2) is 0 Å². The molecule has 0 radical (unpaired) electrons. The molecule has 6 atom stereocenters. The van der Waals surface area contributed by atoms with Crippen LogP contribution in [0.2, 0.25) is 0 Å². The van der Waals surface area contributed by atoms with Crippen LogP contribution in [0, 0.1) is 11.8 Å². The van der Waals surface area contributed by atoms with E-state index in [1.54, 1.807) is 15.9 Å². The van der Waals surface area contributed by atoms with Gasteiger partial charge in [0.2, 0.25) is 5.91 Å². The van der Waals surface area contributed by atoms with Crippen LogP contribution < -0.4 is 4.90 Å². The number of esters is 1. The first-order chi connectivity index (χ1) is 23.3. The Morgan fingerprint density at radius 3 is 2.50 bits per heavy atom. The van der Waals surface area contributed by atoms with Gasteiger partial charge in [-0.25, -0.2) is 0 Å². The fourth-order valence-electron chi connectivity index (χ4n) is 8.42. The van der Waals surface area contributed by atoms with Gasteiger partial charge in [0, 0.05) is 12.2 Å². The molecule has 8 heteroatoms. The van der Waals surface area contributed by atoms with Crippen molar-refractivity contribution in [3.8, 4) is 0 Å². The molecule has 3 aliphatic rings. The summed E-state index contributed by atoms with van der Waals surface area (Å²) in [6.07, 6.45) is 7.68. The Hall–Kier alpha value is -4.27. The van der Waals surface area contributed by atoms with Gasteiger partial charge in [0.05, 0.1) is 30.8 Å². The standard InChI is InChI=1S/C40H46N2O6/c1-4-7-8-14-24-47-38(46)34-33-36(44)42(32(27-43)25-28-15-10-9-11-16-28)35(40(33)22-21-39(34,6-3)48-40)37(45)41(23-5-2)31-20-19-29-17-12-13-18-30(29)26-31/h4-5,9-13,15-20,26,32-35,43H,1-2,6-8,14,21-25,27H2,3H3/t32-,33+,34+,35?,39-,40?/m1/s1. The third-order valence-corrected chi connectivity index (χ3v) is 10.7. The number of ether oxygens (including phenoxy) is 2. The van der Waals surface area contributed by atoms with Crippen LogP contribution in [-0.2, 0) is 30.3 Å². The molecule has 3 aromatic carbocycles. The second-order valence-corrected chi connectivity index (χ2v) is 13.3. The minimum atomic E-state index is -1.25. The molecule has 3 saturated heterocycles. The van der Waals surface area contributed by atoms with Crippen molar-refractivity contribution in [2.24, 2.45) is 11.8 Å². The molecule has 48 heavy (non-hydrogen) atoms. The number of anilines is 1. The van der Waals surface area contributed by atoms with E-state index >= 15 is 4.79 Å². The van der Waals surface area contributed by atoms with Crippen LogP contribution in [0.15, 0.2) is 98.1 Å². The lowest BCUT2D eigenvalue weighted by Gasteiger charge is -2.39. The van der Waals surface area contributed by atoms with E-state index in [2.05, 4.69) is 13.2 Å². The number of benzene rings is 3. The predicted molar refractivity (Wildman–Crippen MR) is 186 cm³/mol. The summed E-state index contributed by atoms with van der Waals surface area (Å²) in [5.74, 6) is -2.88. The quantitative estimate of drug-likeness (QED) is 0.123. The van der Waals surface area contributed by atoms with Crippen molar-refractivity contribution in [3.05, 3.63) is 104 Å². The molecule has 3 aromatic rings. The Kier molecular flexibility index (Phi) is 9.85. The number of fused-ring (bicyclic) bond motifs is 2. The minimum absolute atomic E-state index is 0.202. The second kappa shape index (κ2) is 14.1. The number of amides is 2. The van der Waals surface area contributed by atoms with Gasteiger partial charge in [0.1, 0.15) is 17.6 Å². The van der Waals surface area contributed by atoms with Crippen molar-refractivity contribution in [2.75, 3.05) is 24.7 Å². The summed E-state index contributed by atoms with van der Waals surface area (Å²) in [6.45, 7) is 9.75. The van der Waals surface area contributed by atoms with Crippen molar-refractivity contribution in [3.63, 3.8) is 0 Å². The van der Waals surface area contributed by atoms with Gasteiger partial charge in [-0.15, -0.1) is 13.2 Å². The van der Waals surface area contributed by atoms with Crippen molar-refractivity contribution in [2.45, 2.75) is 75.2 Å². The Morgan fingerprint density at radius 1 is 1.04 bits per heavy atom. The molecule has 0 aromatic heterocycles. The van der Waals surface area contributed by atoms with Gasteiger partial charge in [0.25, 0.3) is 5.91 Å². The van der Waals surface area contributed by atoms with E-state index < -0.39 is 41.1 Å². The number of carbonyl (C=O) groups is 3. The fraction of sp³-hybridized carbons (Fsp3) is 0.425. The van der Waals surface area contributed by atoms with Gasteiger partial charge < -0.3 is 24.4 Å². The molecule has 2 amide bonds. The average Bonchev–Trinajstić information content (AvgIpc) is 3.73. The Labute approximate surface area is 283 Å². The molecule has 0 aliphatic carbocycles. The van der Waals surface area contributed by atoms with Crippen LogP contribution in [0.1, 0.15) is 51.0 Å². The van der Waals surface area contributed by atoms with Crippen LogP contribution >= 0.6 is 0 Å². The molecule has 1 spiro atoms. The van der Waals surface area contributed by atoms with E-state index in [1.165, 1.54) is 0 Å². The number of aliphatic hydroxyl groups excluding tert-OH is 1. The van der Waals surface area contributed by atoms with Crippen molar-refractivity contribution in [1.29, 1.82) is 0 Å². The summed E-state index contributed by atoms with van der Waals surface area (Å²) in [5, 5.41) is 12.9. The zero-order chi connectivity index (χ0) is 33.9. The van der Waals surface area contributed by atoms with E-state index in [1.807, 2.05) is 85.8 Å². The summed E-state index contributed by atoms with van der Waals surface area (Å²) >= 11 is 0. The zero-order valence-electron chi connectivity index (χ0n) is 27.8. The van der Waals surface area contributed by atoms with E-state index in [0.717, 1.165) is 29.2 Å². The van der Waals surface area contributed by atoms with Crippen LogP contribution in [0.3, 0.4) is 0 Å². The highest BCUT2D eigenvalue weighted by Crippen LogP contribution is 2.65. The van der Waals surface area contributed by atoms with Crippen molar-refractivity contribution < 1.29 is 29.0 Å². The number of likely N-dealkylation sites (tertiary alicyclic amines) is 1. The maximum atomic E-state index is 15.2. The Morgan fingerprint density at radius 2 is 1.79 bits per heavy atom. The predicted octanol–water partition coefficient (Wildman–Crippen LogP) is 6.02. The molecular formula is C40H46N2O6. The number of aliphatic hydroxyl groups is 1. The number of hydrogen-bond acceptors (Lipinski definition) is 6. The number of unbranched alkanes of at least 4 members (excludes halogenated alkanes) is 2. The number of hydrogen-bond donors (Lipinski definition) is 1.